The van der Waals surface area contributed by atoms with Gasteiger partial charge in [-0.1, -0.05) is 29.3 Å². The van der Waals surface area contributed by atoms with E-state index < -0.39 is 35.0 Å². The maximum Gasteiger partial charge on any atom is 0.326 e. The van der Waals surface area contributed by atoms with E-state index in [0.29, 0.717) is 11.1 Å². The van der Waals surface area contributed by atoms with Gasteiger partial charge in [0, 0.05) is 10.7 Å². The standard InChI is InChI=1S/C22H15Cl2F3N2O3/c1-10-8-16(28-22(31)29-21(30)18-13(25)4-3-5-14(18)26)11(2)19(24)20(10)32-17-7-6-12(23)9-15(17)27/h3-9H,1-2H3,(H2,28,29,30,31). The number of rotatable bonds is 4. The van der Waals surface area contributed by atoms with E-state index in [9.17, 15) is 22.8 Å². The van der Waals surface area contributed by atoms with E-state index >= 15 is 0 Å². The summed E-state index contributed by atoms with van der Waals surface area (Å²) in [6.07, 6.45) is 0. The molecule has 3 rings (SSSR count). The van der Waals surface area contributed by atoms with Crippen molar-refractivity contribution in [2.45, 2.75) is 13.8 Å². The van der Waals surface area contributed by atoms with Gasteiger partial charge >= 0.3 is 6.03 Å². The Balaban J connectivity index is 1.80. The van der Waals surface area contributed by atoms with Crippen molar-refractivity contribution in [1.29, 1.82) is 0 Å². The molecule has 0 saturated carbocycles. The van der Waals surface area contributed by atoms with Crippen LogP contribution in [0.25, 0.3) is 0 Å². The number of aryl methyl sites for hydroxylation is 1. The molecule has 0 aliphatic rings. The van der Waals surface area contributed by atoms with Crippen molar-refractivity contribution < 1.29 is 27.5 Å². The van der Waals surface area contributed by atoms with Crippen LogP contribution in [0, 0.1) is 31.3 Å². The van der Waals surface area contributed by atoms with Crippen molar-refractivity contribution in [3.8, 4) is 11.5 Å². The molecular weight excluding hydrogens is 468 g/mol. The fourth-order valence-corrected chi connectivity index (χ4v) is 3.26. The number of hydrogen-bond acceptors (Lipinski definition) is 3. The highest BCUT2D eigenvalue weighted by Gasteiger charge is 2.21. The molecule has 0 saturated heterocycles. The fraction of sp³-hybridized carbons (Fsp3) is 0.0909. The summed E-state index contributed by atoms with van der Waals surface area (Å²) in [4.78, 5) is 24.3. The van der Waals surface area contributed by atoms with E-state index in [1.165, 1.54) is 18.2 Å². The van der Waals surface area contributed by atoms with Crippen LogP contribution >= 0.6 is 23.2 Å². The van der Waals surface area contributed by atoms with Crippen LogP contribution in [0.4, 0.5) is 23.7 Å². The molecule has 0 bridgehead atoms. The zero-order valence-corrected chi connectivity index (χ0v) is 18.2. The third kappa shape index (κ3) is 4.98. The molecule has 0 spiro atoms. The molecule has 3 aromatic rings. The Morgan fingerprint density at radius 1 is 0.938 bits per heavy atom. The van der Waals surface area contributed by atoms with E-state index in [2.05, 4.69) is 5.32 Å². The lowest BCUT2D eigenvalue weighted by molar-refractivity contribution is 0.0959. The number of amides is 3. The topological polar surface area (TPSA) is 67.4 Å². The SMILES string of the molecule is Cc1cc(NC(=O)NC(=O)c2c(F)cccc2F)c(C)c(Cl)c1Oc1ccc(Cl)cc1F. The lowest BCUT2D eigenvalue weighted by Gasteiger charge is -2.17. The predicted molar refractivity (Wildman–Crippen MR) is 115 cm³/mol. The van der Waals surface area contributed by atoms with E-state index in [-0.39, 0.29) is 27.2 Å². The number of carbonyl (C=O) groups is 2. The highest BCUT2D eigenvalue weighted by atomic mass is 35.5. The molecule has 166 valence electrons. The smallest absolute Gasteiger partial charge is 0.326 e. The number of hydrogen-bond donors (Lipinski definition) is 2. The van der Waals surface area contributed by atoms with Gasteiger partial charge < -0.3 is 10.1 Å². The van der Waals surface area contributed by atoms with Crippen LogP contribution in [0.3, 0.4) is 0 Å². The molecule has 0 atom stereocenters. The van der Waals surface area contributed by atoms with Crippen molar-refractivity contribution >= 4 is 40.8 Å². The molecule has 2 N–H and O–H groups in total. The van der Waals surface area contributed by atoms with Crippen molar-refractivity contribution in [3.63, 3.8) is 0 Å². The quantitative estimate of drug-likeness (QED) is 0.430. The van der Waals surface area contributed by atoms with Crippen LogP contribution in [-0.2, 0) is 0 Å². The molecule has 5 nitrogen and oxygen atoms in total. The maximum absolute atomic E-state index is 14.1. The third-order valence-electron chi connectivity index (χ3n) is 4.42. The van der Waals surface area contributed by atoms with Crippen molar-refractivity contribution in [2.75, 3.05) is 5.32 Å². The van der Waals surface area contributed by atoms with Gasteiger partial charge in [-0.25, -0.2) is 18.0 Å². The molecular formula is C22H15Cl2F3N2O3. The zero-order chi connectivity index (χ0) is 23.6. The number of anilines is 1. The molecule has 0 fully saturated rings. The van der Waals surface area contributed by atoms with Gasteiger partial charge in [0.15, 0.2) is 11.6 Å². The first-order valence-electron chi connectivity index (χ1n) is 9.07. The molecule has 0 aliphatic carbocycles. The van der Waals surface area contributed by atoms with Crippen LogP contribution in [0.15, 0.2) is 42.5 Å². The molecule has 0 unspecified atom stereocenters. The number of halogens is 5. The van der Waals surface area contributed by atoms with Gasteiger partial charge in [-0.2, -0.15) is 0 Å². The second-order valence-electron chi connectivity index (χ2n) is 6.69. The summed E-state index contributed by atoms with van der Waals surface area (Å²) in [5, 5.41) is 4.53. The van der Waals surface area contributed by atoms with Gasteiger partial charge in [0.2, 0.25) is 0 Å². The number of nitrogens with one attached hydrogen (secondary N) is 2. The molecule has 0 heterocycles. The summed E-state index contributed by atoms with van der Waals surface area (Å²) in [6.45, 7) is 3.16. The fourth-order valence-electron chi connectivity index (χ4n) is 2.81. The van der Waals surface area contributed by atoms with Crippen molar-refractivity contribution in [3.05, 3.63) is 86.7 Å². The Labute approximate surface area is 191 Å². The summed E-state index contributed by atoms with van der Waals surface area (Å²) >= 11 is 12.1. The number of urea groups is 1. The Kier molecular flexibility index (Phi) is 6.96. The number of ether oxygens (including phenoxy) is 1. The molecule has 0 aliphatic heterocycles. The third-order valence-corrected chi connectivity index (χ3v) is 5.11. The molecule has 32 heavy (non-hydrogen) atoms. The minimum absolute atomic E-state index is 0.0844. The second-order valence-corrected chi connectivity index (χ2v) is 7.51. The van der Waals surface area contributed by atoms with Crippen LogP contribution < -0.4 is 15.4 Å². The van der Waals surface area contributed by atoms with Crippen LogP contribution in [0.2, 0.25) is 10.0 Å². The maximum atomic E-state index is 14.1. The summed E-state index contributed by atoms with van der Waals surface area (Å²) < 4.78 is 47.1. The number of benzene rings is 3. The predicted octanol–water partition coefficient (Wildman–Crippen LogP) is 6.78. The van der Waals surface area contributed by atoms with Gasteiger partial charge in [-0.05, 0) is 61.4 Å². The largest absolute Gasteiger partial charge is 0.452 e. The monoisotopic (exact) mass is 482 g/mol. The normalized spacial score (nSPS) is 10.6. The summed E-state index contributed by atoms with van der Waals surface area (Å²) in [7, 11) is 0. The first kappa shape index (κ1) is 23.4. The van der Waals surface area contributed by atoms with Crippen LogP contribution in [0.5, 0.6) is 11.5 Å². The van der Waals surface area contributed by atoms with Gasteiger partial charge in [0.05, 0.1) is 5.02 Å². The Morgan fingerprint density at radius 3 is 2.22 bits per heavy atom. The first-order chi connectivity index (χ1) is 15.1. The zero-order valence-electron chi connectivity index (χ0n) is 16.7. The number of imide groups is 1. The summed E-state index contributed by atoms with van der Waals surface area (Å²) in [6, 6.07) is 7.21. The molecule has 0 radical (unpaired) electrons. The lowest BCUT2D eigenvalue weighted by Crippen LogP contribution is -2.35. The number of carbonyl (C=O) groups excluding carboxylic acids is 2. The van der Waals surface area contributed by atoms with E-state index in [0.717, 1.165) is 24.3 Å². The second kappa shape index (κ2) is 9.50. The molecule has 0 aromatic heterocycles. The van der Waals surface area contributed by atoms with E-state index in [1.54, 1.807) is 13.8 Å². The molecule has 3 amide bonds. The lowest BCUT2D eigenvalue weighted by atomic mass is 10.1. The van der Waals surface area contributed by atoms with Crippen LogP contribution in [0.1, 0.15) is 21.5 Å². The summed E-state index contributed by atoms with van der Waals surface area (Å²) in [5.74, 6) is -4.11. The average Bonchev–Trinajstić information content (AvgIpc) is 2.70. The van der Waals surface area contributed by atoms with E-state index in [4.69, 9.17) is 27.9 Å². The van der Waals surface area contributed by atoms with Gasteiger partial charge in [0.25, 0.3) is 5.91 Å². The highest BCUT2D eigenvalue weighted by Crippen LogP contribution is 2.39. The highest BCUT2D eigenvalue weighted by molar-refractivity contribution is 6.33. The molecule has 3 aromatic carbocycles. The van der Waals surface area contributed by atoms with Gasteiger partial charge in [-0.15, -0.1) is 0 Å². The Bertz CT molecular complexity index is 1220. The Morgan fingerprint density at radius 2 is 1.59 bits per heavy atom. The summed E-state index contributed by atoms with van der Waals surface area (Å²) in [5.41, 5.74) is 0.107. The first-order valence-corrected chi connectivity index (χ1v) is 9.83. The average molecular weight is 483 g/mol. The minimum atomic E-state index is -1.25. The molecule has 10 heteroatoms. The van der Waals surface area contributed by atoms with Gasteiger partial charge in [0.1, 0.15) is 22.9 Å². The van der Waals surface area contributed by atoms with Crippen molar-refractivity contribution in [1.82, 2.24) is 5.32 Å². The van der Waals surface area contributed by atoms with Gasteiger partial charge in [-0.3, -0.25) is 10.1 Å². The minimum Gasteiger partial charge on any atom is -0.452 e. The van der Waals surface area contributed by atoms with E-state index in [1.807, 2.05) is 5.32 Å². The van der Waals surface area contributed by atoms with Crippen molar-refractivity contribution in [2.24, 2.45) is 0 Å². The Hall–Kier alpha value is -3.23. The van der Waals surface area contributed by atoms with Crippen LogP contribution in [-0.4, -0.2) is 11.9 Å².